The fourth-order valence-electron chi connectivity index (χ4n) is 3.40. The monoisotopic (exact) mass is 487 g/mol. The predicted octanol–water partition coefficient (Wildman–Crippen LogP) is 6.40. The number of ether oxygens (including phenoxy) is 1. The van der Waals surface area contributed by atoms with Crippen LogP contribution in [0.15, 0.2) is 84.9 Å². The molecule has 4 rings (SSSR count). The van der Waals surface area contributed by atoms with Crippen molar-refractivity contribution in [2.75, 3.05) is 13.2 Å². The molecule has 1 N–H and O–H groups in total. The highest BCUT2D eigenvalue weighted by molar-refractivity contribution is 6.33. The topological polar surface area (TPSA) is 75.0 Å². The Morgan fingerprint density at radius 1 is 0.941 bits per heavy atom. The maximum Gasteiger partial charge on any atom is 0.251 e. The van der Waals surface area contributed by atoms with Gasteiger partial charge in [-0.15, -0.1) is 0 Å². The van der Waals surface area contributed by atoms with E-state index in [4.69, 9.17) is 27.9 Å². The summed E-state index contributed by atoms with van der Waals surface area (Å²) in [5, 5.41) is 13.7. The molecular formula is C27H19Cl2N3O2. The molecule has 4 aromatic rings. The van der Waals surface area contributed by atoms with Gasteiger partial charge in [0.1, 0.15) is 18.2 Å². The lowest BCUT2D eigenvalue weighted by Gasteiger charge is -2.15. The molecule has 1 heterocycles. The number of nitriles is 1. The van der Waals surface area contributed by atoms with E-state index in [1.54, 1.807) is 48.5 Å². The molecule has 0 aliphatic heterocycles. The second-order valence-electron chi connectivity index (χ2n) is 7.31. The number of benzene rings is 3. The van der Waals surface area contributed by atoms with E-state index in [1.807, 2.05) is 36.4 Å². The summed E-state index contributed by atoms with van der Waals surface area (Å²) >= 11 is 12.5. The fraction of sp³-hybridized carbons (Fsp3) is 0.0741. The van der Waals surface area contributed by atoms with Crippen molar-refractivity contribution in [3.05, 3.63) is 106 Å². The van der Waals surface area contributed by atoms with Gasteiger partial charge in [0.25, 0.3) is 5.91 Å². The zero-order valence-corrected chi connectivity index (χ0v) is 19.5. The number of hydrogen-bond acceptors (Lipinski definition) is 4. The molecule has 1 aromatic heterocycles. The van der Waals surface area contributed by atoms with Crippen molar-refractivity contribution in [3.8, 4) is 34.3 Å². The number of carbonyl (C=O) groups is 1. The summed E-state index contributed by atoms with van der Waals surface area (Å²) in [6, 6.07) is 27.4. The lowest BCUT2D eigenvalue weighted by atomic mass is 9.98. The molecule has 0 fully saturated rings. The van der Waals surface area contributed by atoms with Crippen LogP contribution in [0.3, 0.4) is 0 Å². The van der Waals surface area contributed by atoms with E-state index in [0.717, 1.165) is 11.1 Å². The summed E-state index contributed by atoms with van der Waals surface area (Å²) in [6.45, 7) is 0.392. The Balaban J connectivity index is 1.62. The van der Waals surface area contributed by atoms with E-state index in [2.05, 4.69) is 16.4 Å². The molecule has 5 nitrogen and oxygen atoms in total. The summed E-state index contributed by atoms with van der Waals surface area (Å²) in [6.07, 6.45) is 0. The highest BCUT2D eigenvalue weighted by Crippen LogP contribution is 2.37. The standard InChI is InChI=1S/C27H19Cl2N3O2/c28-21-12-10-18(11-13-21)23-16-20(17-30)27(32-25(23)22-8-4-5-9-24(22)29)34-15-14-31-26(33)19-6-2-1-3-7-19/h1-13,16H,14-15H2,(H,31,33). The van der Waals surface area contributed by atoms with Gasteiger partial charge in [0.05, 0.1) is 12.2 Å². The number of pyridine rings is 1. The summed E-state index contributed by atoms with van der Waals surface area (Å²) in [7, 11) is 0. The first kappa shape index (κ1) is 23.3. The Hall–Kier alpha value is -3.85. The number of nitrogens with one attached hydrogen (secondary N) is 1. The van der Waals surface area contributed by atoms with Gasteiger partial charge in [-0.25, -0.2) is 4.98 Å². The van der Waals surface area contributed by atoms with Crippen LogP contribution >= 0.6 is 23.2 Å². The summed E-state index contributed by atoms with van der Waals surface area (Å²) in [5.74, 6) is -0.0309. The van der Waals surface area contributed by atoms with E-state index in [0.29, 0.717) is 26.9 Å². The number of hydrogen-bond donors (Lipinski definition) is 1. The smallest absolute Gasteiger partial charge is 0.251 e. The van der Waals surface area contributed by atoms with Gasteiger partial charge in [0.2, 0.25) is 5.88 Å². The van der Waals surface area contributed by atoms with Crippen LogP contribution in [0.4, 0.5) is 0 Å². The van der Waals surface area contributed by atoms with E-state index in [-0.39, 0.29) is 30.5 Å². The molecule has 0 radical (unpaired) electrons. The molecule has 0 spiro atoms. The van der Waals surface area contributed by atoms with Crippen LogP contribution in [0.2, 0.25) is 10.0 Å². The minimum atomic E-state index is -0.201. The van der Waals surface area contributed by atoms with Crippen molar-refractivity contribution < 1.29 is 9.53 Å². The number of aromatic nitrogens is 1. The number of carbonyl (C=O) groups excluding carboxylic acids is 1. The largest absolute Gasteiger partial charge is 0.475 e. The molecule has 34 heavy (non-hydrogen) atoms. The predicted molar refractivity (Wildman–Crippen MR) is 134 cm³/mol. The lowest BCUT2D eigenvalue weighted by molar-refractivity contribution is 0.0946. The third-order valence-electron chi connectivity index (χ3n) is 5.05. The van der Waals surface area contributed by atoms with Crippen LogP contribution in [0.1, 0.15) is 15.9 Å². The number of nitrogens with zero attached hydrogens (tertiary/aromatic N) is 2. The van der Waals surface area contributed by atoms with Crippen molar-refractivity contribution in [1.29, 1.82) is 5.26 Å². The van der Waals surface area contributed by atoms with Crippen LogP contribution in [-0.4, -0.2) is 24.0 Å². The van der Waals surface area contributed by atoms with Crippen LogP contribution in [0, 0.1) is 11.3 Å². The first-order valence-electron chi connectivity index (χ1n) is 10.5. The van der Waals surface area contributed by atoms with Crippen molar-refractivity contribution in [3.63, 3.8) is 0 Å². The first-order chi connectivity index (χ1) is 16.6. The zero-order valence-electron chi connectivity index (χ0n) is 18.0. The SMILES string of the molecule is N#Cc1cc(-c2ccc(Cl)cc2)c(-c2ccccc2Cl)nc1OCCNC(=O)c1ccccc1. The summed E-state index contributed by atoms with van der Waals surface area (Å²) in [4.78, 5) is 16.9. The van der Waals surface area contributed by atoms with Gasteiger partial charge >= 0.3 is 0 Å². The molecule has 168 valence electrons. The van der Waals surface area contributed by atoms with Crippen molar-refractivity contribution in [2.45, 2.75) is 0 Å². The zero-order chi connectivity index (χ0) is 23.9. The van der Waals surface area contributed by atoms with Crippen LogP contribution in [0.25, 0.3) is 22.4 Å². The molecule has 7 heteroatoms. The number of rotatable bonds is 7. The Morgan fingerprint density at radius 2 is 1.65 bits per heavy atom. The van der Waals surface area contributed by atoms with Gasteiger partial charge in [-0.05, 0) is 42.0 Å². The molecule has 0 saturated heterocycles. The van der Waals surface area contributed by atoms with Gasteiger partial charge in [-0.2, -0.15) is 5.26 Å². The first-order valence-corrected chi connectivity index (χ1v) is 11.2. The highest BCUT2D eigenvalue weighted by atomic mass is 35.5. The molecule has 0 saturated carbocycles. The van der Waals surface area contributed by atoms with E-state index in [1.165, 1.54) is 0 Å². The van der Waals surface area contributed by atoms with Gasteiger partial charge in [-0.3, -0.25) is 4.79 Å². The summed E-state index contributed by atoms with van der Waals surface area (Å²) in [5.41, 5.74) is 3.69. The average Bonchev–Trinajstić information content (AvgIpc) is 2.87. The summed E-state index contributed by atoms with van der Waals surface area (Å²) < 4.78 is 5.81. The second kappa shape index (κ2) is 10.8. The van der Waals surface area contributed by atoms with Gasteiger partial charge in [-0.1, -0.05) is 71.7 Å². The van der Waals surface area contributed by atoms with E-state index < -0.39 is 0 Å². The number of amides is 1. The second-order valence-corrected chi connectivity index (χ2v) is 8.15. The molecule has 0 aliphatic carbocycles. The Labute approximate surface area is 207 Å². The lowest BCUT2D eigenvalue weighted by Crippen LogP contribution is -2.28. The third kappa shape index (κ3) is 5.37. The normalized spacial score (nSPS) is 10.4. The quantitative estimate of drug-likeness (QED) is 0.306. The molecule has 0 bridgehead atoms. The van der Waals surface area contributed by atoms with Gasteiger partial charge < -0.3 is 10.1 Å². The maximum atomic E-state index is 12.2. The van der Waals surface area contributed by atoms with Crippen molar-refractivity contribution >= 4 is 29.1 Å². The van der Waals surface area contributed by atoms with E-state index >= 15 is 0 Å². The maximum absolute atomic E-state index is 12.2. The van der Waals surface area contributed by atoms with Gasteiger partial charge in [0.15, 0.2) is 0 Å². The molecule has 0 unspecified atom stereocenters. The van der Waals surface area contributed by atoms with Crippen LogP contribution < -0.4 is 10.1 Å². The van der Waals surface area contributed by atoms with Gasteiger partial charge in [0, 0.05) is 26.7 Å². The highest BCUT2D eigenvalue weighted by Gasteiger charge is 2.18. The minimum absolute atomic E-state index is 0.141. The molecule has 1 amide bonds. The van der Waals surface area contributed by atoms with Crippen molar-refractivity contribution in [1.82, 2.24) is 10.3 Å². The van der Waals surface area contributed by atoms with Crippen molar-refractivity contribution in [2.24, 2.45) is 0 Å². The fourth-order valence-corrected chi connectivity index (χ4v) is 3.75. The Morgan fingerprint density at radius 3 is 2.35 bits per heavy atom. The van der Waals surface area contributed by atoms with E-state index in [9.17, 15) is 10.1 Å². The number of halogens is 2. The molecule has 3 aromatic carbocycles. The molecule has 0 atom stereocenters. The minimum Gasteiger partial charge on any atom is -0.475 e. The van der Waals surface area contributed by atoms with Crippen LogP contribution in [-0.2, 0) is 0 Å². The Kier molecular flexibility index (Phi) is 7.44. The Bertz CT molecular complexity index is 1350. The van der Waals surface area contributed by atoms with Crippen LogP contribution in [0.5, 0.6) is 5.88 Å². The molecule has 0 aliphatic rings. The molecular weight excluding hydrogens is 469 g/mol. The average molecular weight is 488 g/mol. The third-order valence-corrected chi connectivity index (χ3v) is 5.64.